The van der Waals surface area contributed by atoms with Crippen molar-refractivity contribution in [3.63, 3.8) is 0 Å². The minimum Gasteiger partial charge on any atom is -0.458 e. The highest BCUT2D eigenvalue weighted by atomic mass is 16.5. The summed E-state index contributed by atoms with van der Waals surface area (Å²) in [4.78, 5) is 2.26. The molecule has 14 aromatic rings. The van der Waals surface area contributed by atoms with E-state index in [1.165, 1.54) is 4.57 Å². The molecule has 2 aliphatic heterocycles. The molecule has 386 valence electrons. The van der Waals surface area contributed by atoms with E-state index in [-0.39, 0.29) is 38.8 Å². The molecule has 3 nitrogen and oxygen atoms in total. The normalized spacial score (nSPS) is 15.4. The zero-order valence-corrected chi connectivity index (χ0v) is 44.3. The van der Waals surface area contributed by atoms with E-state index >= 15 is 0 Å². The maximum atomic E-state index is 9.72. The average molecular weight is 1070 g/mol. The van der Waals surface area contributed by atoms with Gasteiger partial charge in [0.25, 0.3) is 6.71 Å². The van der Waals surface area contributed by atoms with Crippen molar-refractivity contribution < 1.29 is 22.6 Å². The van der Waals surface area contributed by atoms with Crippen LogP contribution in [-0.4, -0.2) is 11.3 Å². The first-order chi connectivity index (χ1) is 46.6. The van der Waals surface area contributed by atoms with Crippen molar-refractivity contribution in [2.45, 2.75) is 5.41 Å². The molecule has 0 saturated carbocycles. The Balaban J connectivity index is 1.04. The summed E-state index contributed by atoms with van der Waals surface area (Å²) >= 11 is 0. The lowest BCUT2D eigenvalue weighted by molar-refractivity contribution is 0.487. The average Bonchev–Trinajstić information content (AvgIpc) is 1.38. The van der Waals surface area contributed by atoms with Gasteiger partial charge in [0.1, 0.15) is 11.5 Å². The second-order valence-corrected chi connectivity index (χ2v) is 21.2. The van der Waals surface area contributed by atoms with Gasteiger partial charge in [-0.1, -0.05) is 273 Å². The zero-order valence-electron chi connectivity index (χ0n) is 57.3. The summed E-state index contributed by atoms with van der Waals surface area (Å²) in [6, 6.07) is 72.2. The molecule has 0 N–H and O–H groups in total. The lowest BCUT2D eigenvalue weighted by atomic mass is 9.34. The van der Waals surface area contributed by atoms with Crippen molar-refractivity contribution in [1.29, 1.82) is 0 Å². The summed E-state index contributed by atoms with van der Waals surface area (Å²) in [5.74, 6) is 0.584. The van der Waals surface area contributed by atoms with E-state index in [1.54, 1.807) is 18.2 Å². The molecular weight excluding hydrogens is 1000 g/mol. The molecule has 17 rings (SSSR count). The van der Waals surface area contributed by atoms with Gasteiger partial charge in [-0.2, -0.15) is 0 Å². The molecule has 0 bridgehead atoms. The monoisotopic (exact) mass is 1070 g/mol. The predicted octanol–water partition coefficient (Wildman–Crippen LogP) is 18.2. The van der Waals surface area contributed by atoms with Crippen molar-refractivity contribution in [2.24, 2.45) is 0 Å². The number of hydrogen-bond donors (Lipinski definition) is 0. The van der Waals surface area contributed by atoms with Gasteiger partial charge >= 0.3 is 0 Å². The topological polar surface area (TPSA) is 17.4 Å². The van der Waals surface area contributed by atoms with Crippen LogP contribution in [0.4, 0.5) is 17.1 Å². The Bertz CT molecular complexity index is 5490. The van der Waals surface area contributed by atoms with Gasteiger partial charge in [-0.05, 0) is 113 Å². The summed E-state index contributed by atoms with van der Waals surface area (Å²) < 4.78 is 128. The van der Waals surface area contributed by atoms with Gasteiger partial charge in [0, 0.05) is 39.3 Å². The number of nitrogens with zero attached hydrogens (tertiary/aromatic N) is 2. The molecule has 1 aliphatic carbocycles. The first-order valence-corrected chi connectivity index (χ1v) is 27.7. The van der Waals surface area contributed by atoms with E-state index in [1.807, 2.05) is 66.7 Å². The summed E-state index contributed by atoms with van der Waals surface area (Å²) in [6.07, 6.45) is 0. The third-order valence-electron chi connectivity index (χ3n) is 17.1. The van der Waals surface area contributed by atoms with Crippen molar-refractivity contribution in [1.82, 2.24) is 4.57 Å². The number of ether oxygens (including phenoxy) is 1. The molecule has 3 aliphatic rings. The molecule has 4 heteroatoms. The van der Waals surface area contributed by atoms with Crippen LogP contribution in [0.5, 0.6) is 11.5 Å². The Morgan fingerprint density at radius 1 is 0.373 bits per heavy atom. The highest BCUT2D eigenvalue weighted by molar-refractivity contribution is 6.99. The SMILES string of the molecule is [2H]c1c([2H])c([2H])c(-c2ccc3c(c2)Oc2cc(-n4c5c([2H])c([2H])c([2H])c([2H])c5c5c([2H])c([2H])c([2H])c([2H])c54)cc4c2B3c2ccc(-c3cccc5c3C(c3ccccc3)(c3ccccc3)c3ccccc3-5)cc2N4c2c(-c3ccccc3)cccc2-c2ccccc2)c([2H])c1[2H]. The van der Waals surface area contributed by atoms with E-state index in [9.17, 15) is 5.48 Å². The molecule has 0 fully saturated rings. The fraction of sp³-hybridized carbons (Fsp3) is 0.0127. The smallest absolute Gasteiger partial charge is 0.256 e. The van der Waals surface area contributed by atoms with Crippen molar-refractivity contribution >= 4 is 62.0 Å². The van der Waals surface area contributed by atoms with Crippen LogP contribution in [0.1, 0.15) is 40.1 Å². The molecule has 0 unspecified atom stereocenters. The Hall–Kier alpha value is -10.7. The number of hydrogen-bond acceptors (Lipinski definition) is 2. The third kappa shape index (κ3) is 7.06. The maximum absolute atomic E-state index is 9.72. The van der Waals surface area contributed by atoms with Crippen LogP contribution < -0.4 is 26.0 Å². The Morgan fingerprint density at radius 3 is 1.58 bits per heavy atom. The van der Waals surface area contributed by atoms with E-state index in [2.05, 4.69) is 150 Å². The number of aromatic nitrogens is 1. The lowest BCUT2D eigenvalue weighted by Gasteiger charge is -2.42. The summed E-state index contributed by atoms with van der Waals surface area (Å²) in [7, 11) is 0. The first kappa shape index (κ1) is 35.8. The highest BCUT2D eigenvalue weighted by Crippen LogP contribution is 2.59. The fourth-order valence-corrected chi connectivity index (χ4v) is 13.7. The number of anilines is 3. The Morgan fingerprint density at radius 2 is 0.916 bits per heavy atom. The van der Waals surface area contributed by atoms with Crippen LogP contribution in [0, 0.1) is 0 Å². The molecule has 0 radical (unpaired) electrons. The second-order valence-electron chi connectivity index (χ2n) is 21.2. The van der Waals surface area contributed by atoms with E-state index in [4.69, 9.17) is 17.1 Å². The van der Waals surface area contributed by atoms with Crippen LogP contribution in [0.15, 0.2) is 309 Å². The van der Waals surface area contributed by atoms with Gasteiger partial charge in [-0.3, -0.25) is 0 Å². The first-order valence-electron chi connectivity index (χ1n) is 34.2. The quantitative estimate of drug-likeness (QED) is 0.141. The van der Waals surface area contributed by atoms with Crippen LogP contribution in [0.3, 0.4) is 0 Å². The molecule has 83 heavy (non-hydrogen) atoms. The van der Waals surface area contributed by atoms with Gasteiger partial charge in [0.2, 0.25) is 0 Å². The molecule has 0 atom stereocenters. The van der Waals surface area contributed by atoms with Crippen molar-refractivity contribution in [3.8, 4) is 72.8 Å². The predicted molar refractivity (Wildman–Crippen MR) is 346 cm³/mol. The molecule has 3 heterocycles. The summed E-state index contributed by atoms with van der Waals surface area (Å²) in [5.41, 5.74) is 15.9. The van der Waals surface area contributed by atoms with Crippen molar-refractivity contribution in [3.05, 3.63) is 331 Å². The van der Waals surface area contributed by atoms with Crippen molar-refractivity contribution in [2.75, 3.05) is 4.90 Å². The van der Waals surface area contributed by atoms with Crippen LogP contribution in [0.25, 0.3) is 83.1 Å². The van der Waals surface area contributed by atoms with Crippen LogP contribution >= 0.6 is 0 Å². The lowest BCUT2D eigenvalue weighted by Crippen LogP contribution is -2.59. The number of fused-ring (bicyclic) bond motifs is 10. The molecule has 1 aromatic heterocycles. The molecule has 0 saturated heterocycles. The van der Waals surface area contributed by atoms with E-state index in [0.717, 1.165) is 83.6 Å². The zero-order chi connectivity index (χ0) is 65.9. The third-order valence-corrected chi connectivity index (χ3v) is 17.1. The Labute approximate surface area is 501 Å². The number of rotatable bonds is 8. The standard InChI is InChI=1S/C79H51BN2O/c1-6-24-52(25-7-1)55-44-47-69-74(49-55)83-75-51-59(81-70-42-20-17-35-64(70)65-36-18-21-43-71(65)81)50-73-77(75)80(69)68-46-45-56(48-72(68)82(73)78-61(53-26-8-2-9-27-53)38-23-39-62(78)54-28-10-3-11-29-54)60-37-22-40-66-63-34-16-19-41-67(63)79(76(60)66,57-30-12-4-13-31-57)58-32-14-5-15-33-58/h1-51H/i1D,6D,7D,17D,18D,20D,21D,24D,25D,35D,36D,42D,43D. The summed E-state index contributed by atoms with van der Waals surface area (Å²) in [6.45, 7) is -0.655. The van der Waals surface area contributed by atoms with Crippen LogP contribution in [0.2, 0.25) is 0 Å². The van der Waals surface area contributed by atoms with E-state index < -0.39 is 90.7 Å². The van der Waals surface area contributed by atoms with E-state index in [0.29, 0.717) is 27.9 Å². The highest BCUT2D eigenvalue weighted by Gasteiger charge is 2.48. The van der Waals surface area contributed by atoms with Gasteiger partial charge in [-0.25, -0.2) is 0 Å². The minimum atomic E-state index is -0.804. The van der Waals surface area contributed by atoms with Crippen LogP contribution in [-0.2, 0) is 5.41 Å². The fourth-order valence-electron chi connectivity index (χ4n) is 13.7. The van der Waals surface area contributed by atoms with Gasteiger partial charge in [0.05, 0.1) is 45.6 Å². The number of benzene rings is 13. The Kier molecular flexibility index (Phi) is 8.08. The molecular formula is C79H51BN2O. The van der Waals surface area contributed by atoms with Gasteiger partial charge in [-0.15, -0.1) is 0 Å². The molecule has 0 spiro atoms. The maximum Gasteiger partial charge on any atom is 0.256 e. The molecule has 13 aromatic carbocycles. The minimum absolute atomic E-state index is 0.0216. The largest absolute Gasteiger partial charge is 0.458 e. The second kappa shape index (κ2) is 18.7. The summed E-state index contributed by atoms with van der Waals surface area (Å²) in [5, 5.41) is -0.178. The molecule has 0 amide bonds. The number of para-hydroxylation sites is 3. The van der Waals surface area contributed by atoms with Gasteiger partial charge in [0.15, 0.2) is 0 Å². The van der Waals surface area contributed by atoms with Gasteiger partial charge < -0.3 is 14.2 Å².